The Balaban J connectivity index is 1.36. The molecule has 2 aliphatic rings. The average Bonchev–Trinajstić information content (AvgIpc) is 3.16. The first-order chi connectivity index (χ1) is 12.3. The SMILES string of the molecule is CCc1cnc(N2CCC3(CC2)CN(Cc2nccs2)CCO3)nc1. The Morgan fingerprint density at radius 3 is 2.64 bits per heavy atom. The maximum atomic E-state index is 6.25. The summed E-state index contributed by atoms with van der Waals surface area (Å²) in [6.07, 6.45) is 8.81. The maximum Gasteiger partial charge on any atom is 0.225 e. The molecule has 2 fully saturated rings. The van der Waals surface area contributed by atoms with Gasteiger partial charge in [0.15, 0.2) is 0 Å². The largest absolute Gasteiger partial charge is 0.372 e. The quantitative estimate of drug-likeness (QED) is 0.835. The minimum absolute atomic E-state index is 0.0185. The van der Waals surface area contributed by atoms with Gasteiger partial charge >= 0.3 is 0 Å². The second kappa shape index (κ2) is 7.35. The van der Waals surface area contributed by atoms with E-state index in [1.165, 1.54) is 10.6 Å². The minimum Gasteiger partial charge on any atom is -0.372 e. The van der Waals surface area contributed by atoms with Gasteiger partial charge in [-0.2, -0.15) is 0 Å². The number of nitrogens with zero attached hydrogens (tertiary/aromatic N) is 5. The number of piperidine rings is 1. The van der Waals surface area contributed by atoms with Crippen molar-refractivity contribution < 1.29 is 4.74 Å². The van der Waals surface area contributed by atoms with E-state index in [1.807, 2.05) is 24.0 Å². The third-order valence-corrected chi connectivity index (χ3v) is 5.99. The molecule has 2 aromatic rings. The fourth-order valence-electron chi connectivity index (χ4n) is 3.69. The van der Waals surface area contributed by atoms with E-state index >= 15 is 0 Å². The third-order valence-electron chi connectivity index (χ3n) is 5.23. The van der Waals surface area contributed by atoms with Crippen LogP contribution in [0.15, 0.2) is 24.0 Å². The Labute approximate surface area is 152 Å². The van der Waals surface area contributed by atoms with Gasteiger partial charge in [0.2, 0.25) is 5.95 Å². The number of rotatable bonds is 4. The average molecular weight is 359 g/mol. The van der Waals surface area contributed by atoms with E-state index in [0.29, 0.717) is 0 Å². The van der Waals surface area contributed by atoms with E-state index in [0.717, 1.165) is 64.5 Å². The molecule has 7 heteroatoms. The van der Waals surface area contributed by atoms with Crippen LogP contribution in [0.1, 0.15) is 30.3 Å². The summed E-state index contributed by atoms with van der Waals surface area (Å²) in [5, 5.41) is 3.24. The topological polar surface area (TPSA) is 54.4 Å². The van der Waals surface area contributed by atoms with Gasteiger partial charge in [-0.3, -0.25) is 4.90 Å². The first kappa shape index (κ1) is 16.9. The van der Waals surface area contributed by atoms with E-state index < -0.39 is 0 Å². The zero-order chi connectivity index (χ0) is 17.1. The Bertz CT molecular complexity index is 667. The molecule has 2 aromatic heterocycles. The van der Waals surface area contributed by atoms with Crippen LogP contribution >= 0.6 is 11.3 Å². The molecule has 0 atom stereocenters. The Morgan fingerprint density at radius 1 is 1.16 bits per heavy atom. The highest BCUT2D eigenvalue weighted by molar-refractivity contribution is 7.09. The maximum absolute atomic E-state index is 6.25. The molecule has 1 spiro atoms. The zero-order valence-electron chi connectivity index (χ0n) is 14.7. The monoisotopic (exact) mass is 359 g/mol. The second-order valence-corrected chi connectivity index (χ2v) is 7.88. The van der Waals surface area contributed by atoms with E-state index in [-0.39, 0.29) is 5.60 Å². The van der Waals surface area contributed by atoms with Crippen molar-refractivity contribution in [2.45, 2.75) is 38.3 Å². The molecule has 0 bridgehead atoms. The number of morpholine rings is 1. The summed E-state index contributed by atoms with van der Waals surface area (Å²) < 4.78 is 6.25. The molecular formula is C18H25N5OS. The predicted octanol–water partition coefficient (Wildman–Crippen LogP) is 2.37. The van der Waals surface area contributed by atoms with Crippen LogP contribution in [-0.4, -0.2) is 58.2 Å². The first-order valence-corrected chi connectivity index (χ1v) is 9.95. The van der Waals surface area contributed by atoms with E-state index in [9.17, 15) is 0 Å². The number of ether oxygens (including phenoxy) is 1. The van der Waals surface area contributed by atoms with Crippen molar-refractivity contribution in [2.24, 2.45) is 0 Å². The van der Waals surface area contributed by atoms with Gasteiger partial charge in [0.1, 0.15) is 5.01 Å². The fourth-order valence-corrected chi connectivity index (χ4v) is 4.35. The molecule has 0 N–H and O–H groups in total. The lowest BCUT2D eigenvalue weighted by molar-refractivity contribution is -0.122. The normalized spacial score (nSPS) is 20.9. The van der Waals surface area contributed by atoms with Crippen molar-refractivity contribution in [3.05, 3.63) is 34.5 Å². The molecule has 0 radical (unpaired) electrons. The smallest absolute Gasteiger partial charge is 0.225 e. The number of aryl methyl sites for hydroxylation is 1. The van der Waals surface area contributed by atoms with Gasteiger partial charge in [0.05, 0.1) is 18.8 Å². The summed E-state index contributed by atoms with van der Waals surface area (Å²) in [4.78, 5) is 18.3. The highest BCUT2D eigenvalue weighted by Crippen LogP contribution is 2.32. The number of anilines is 1. The predicted molar refractivity (Wildman–Crippen MR) is 98.9 cm³/mol. The lowest BCUT2D eigenvalue weighted by Crippen LogP contribution is -2.56. The molecule has 0 unspecified atom stereocenters. The summed E-state index contributed by atoms with van der Waals surface area (Å²) in [5.41, 5.74) is 1.17. The molecule has 25 heavy (non-hydrogen) atoms. The van der Waals surface area contributed by atoms with Gasteiger partial charge in [-0.05, 0) is 24.8 Å². The van der Waals surface area contributed by atoms with Gasteiger partial charge < -0.3 is 9.64 Å². The molecule has 4 rings (SSSR count). The summed E-state index contributed by atoms with van der Waals surface area (Å²) in [7, 11) is 0. The summed E-state index contributed by atoms with van der Waals surface area (Å²) in [6, 6.07) is 0. The summed E-state index contributed by atoms with van der Waals surface area (Å²) in [6.45, 7) is 7.78. The molecule has 0 saturated carbocycles. The first-order valence-electron chi connectivity index (χ1n) is 9.07. The van der Waals surface area contributed by atoms with Crippen molar-refractivity contribution in [3.8, 4) is 0 Å². The number of thiazole rings is 1. The van der Waals surface area contributed by atoms with Gasteiger partial charge in [0.25, 0.3) is 0 Å². The van der Waals surface area contributed by atoms with Crippen LogP contribution in [0.25, 0.3) is 0 Å². The van der Waals surface area contributed by atoms with Crippen LogP contribution in [0.2, 0.25) is 0 Å². The number of hydrogen-bond donors (Lipinski definition) is 0. The van der Waals surface area contributed by atoms with Crippen LogP contribution in [0.4, 0.5) is 5.95 Å². The fraction of sp³-hybridized carbons (Fsp3) is 0.611. The lowest BCUT2D eigenvalue weighted by atomic mass is 9.89. The van der Waals surface area contributed by atoms with Crippen molar-refractivity contribution in [1.29, 1.82) is 0 Å². The van der Waals surface area contributed by atoms with Crippen LogP contribution in [-0.2, 0) is 17.7 Å². The van der Waals surface area contributed by atoms with Crippen molar-refractivity contribution >= 4 is 17.3 Å². The minimum atomic E-state index is -0.0185. The van der Waals surface area contributed by atoms with Gasteiger partial charge in [-0.1, -0.05) is 6.92 Å². The van der Waals surface area contributed by atoms with Crippen LogP contribution in [0.5, 0.6) is 0 Å². The Morgan fingerprint density at radius 2 is 1.96 bits per heavy atom. The van der Waals surface area contributed by atoms with Gasteiger partial charge in [-0.15, -0.1) is 11.3 Å². The molecular weight excluding hydrogens is 334 g/mol. The molecule has 4 heterocycles. The highest BCUT2D eigenvalue weighted by Gasteiger charge is 2.40. The van der Waals surface area contributed by atoms with Crippen LogP contribution in [0.3, 0.4) is 0 Å². The van der Waals surface area contributed by atoms with Crippen molar-refractivity contribution in [3.63, 3.8) is 0 Å². The van der Waals surface area contributed by atoms with Crippen LogP contribution < -0.4 is 4.90 Å². The lowest BCUT2D eigenvalue weighted by Gasteiger charge is -2.47. The van der Waals surface area contributed by atoms with Crippen molar-refractivity contribution in [1.82, 2.24) is 19.9 Å². The molecule has 0 aliphatic carbocycles. The van der Waals surface area contributed by atoms with Crippen LogP contribution in [0, 0.1) is 0 Å². The summed E-state index contributed by atoms with van der Waals surface area (Å²) >= 11 is 1.73. The van der Waals surface area contributed by atoms with Gasteiger partial charge in [0, 0.05) is 50.1 Å². The molecule has 2 aliphatic heterocycles. The summed E-state index contributed by atoms with van der Waals surface area (Å²) in [5.74, 6) is 0.850. The number of aromatic nitrogens is 3. The molecule has 134 valence electrons. The third kappa shape index (κ3) is 3.83. The second-order valence-electron chi connectivity index (χ2n) is 6.90. The van der Waals surface area contributed by atoms with Gasteiger partial charge in [-0.25, -0.2) is 15.0 Å². The zero-order valence-corrected chi connectivity index (χ0v) is 15.5. The molecule has 2 saturated heterocycles. The Kier molecular flexibility index (Phi) is 4.96. The van der Waals surface area contributed by atoms with E-state index in [4.69, 9.17) is 4.74 Å². The highest BCUT2D eigenvalue weighted by atomic mass is 32.1. The molecule has 0 amide bonds. The molecule has 6 nitrogen and oxygen atoms in total. The molecule has 0 aromatic carbocycles. The Hall–Kier alpha value is -1.57. The van der Waals surface area contributed by atoms with E-state index in [1.54, 1.807) is 11.3 Å². The van der Waals surface area contributed by atoms with Crippen molar-refractivity contribution in [2.75, 3.05) is 37.7 Å². The van der Waals surface area contributed by atoms with E-state index in [2.05, 4.69) is 31.7 Å². The number of hydrogen-bond acceptors (Lipinski definition) is 7. The standard InChI is InChI=1S/C18H25N5OS/c1-2-15-11-20-17(21-12-15)23-6-3-18(4-7-23)14-22(8-9-24-18)13-16-19-5-10-25-16/h5,10-12H,2-4,6-9,13-14H2,1H3.